The van der Waals surface area contributed by atoms with Crippen LogP contribution in [0.1, 0.15) is 48.2 Å². The lowest BCUT2D eigenvalue weighted by molar-refractivity contribution is -0.121. The van der Waals surface area contributed by atoms with E-state index in [0.29, 0.717) is 36.1 Å². The smallest absolute Gasteiger partial charge is 0.348 e. The third-order valence-electron chi connectivity index (χ3n) is 9.14. The fourth-order valence-corrected chi connectivity index (χ4v) is 9.12. The normalized spacial score (nSPS) is 19.4. The van der Waals surface area contributed by atoms with Crippen LogP contribution >= 0.6 is 11.3 Å². The summed E-state index contributed by atoms with van der Waals surface area (Å²) in [6.45, 7) is 0.800. The maximum Gasteiger partial charge on any atom is 0.348 e. The van der Waals surface area contributed by atoms with Gasteiger partial charge in [0, 0.05) is 29.6 Å². The first kappa shape index (κ1) is 31.3. The van der Waals surface area contributed by atoms with E-state index < -0.39 is 34.5 Å². The van der Waals surface area contributed by atoms with Gasteiger partial charge in [-0.3, -0.25) is 9.78 Å². The molecule has 1 amide bonds. The number of carboxylic acid groups (broad SMARTS) is 1. The lowest BCUT2D eigenvalue weighted by atomic mass is 9.82. The van der Waals surface area contributed by atoms with E-state index in [1.807, 2.05) is 48.5 Å². The van der Waals surface area contributed by atoms with Gasteiger partial charge in [-0.1, -0.05) is 49.6 Å². The second-order valence-electron chi connectivity index (χ2n) is 12.1. The minimum atomic E-state index is -4.09. The molecule has 12 heteroatoms. The largest absolute Gasteiger partial charge is 0.490 e. The fraction of sp³-hybridized carbons (Fsp3) is 0.343. The quantitative estimate of drug-likeness (QED) is 0.242. The van der Waals surface area contributed by atoms with Gasteiger partial charge in [-0.2, -0.15) is 4.31 Å². The summed E-state index contributed by atoms with van der Waals surface area (Å²) in [7, 11) is -4.09. The van der Waals surface area contributed by atoms with Crippen molar-refractivity contribution in [1.82, 2.24) is 9.29 Å². The van der Waals surface area contributed by atoms with Crippen molar-refractivity contribution in [2.45, 2.75) is 49.5 Å². The number of aromatic nitrogens is 1. The number of piperazine rings is 1. The van der Waals surface area contributed by atoms with Gasteiger partial charge in [0.1, 0.15) is 9.77 Å². The number of amides is 1. The maximum atomic E-state index is 14.0. The first-order valence-electron chi connectivity index (χ1n) is 15.9. The number of sulfonamides is 1. The predicted octanol–water partition coefficient (Wildman–Crippen LogP) is 6.32. The highest BCUT2D eigenvalue weighted by Gasteiger charge is 2.44. The Morgan fingerprint density at radius 3 is 2.38 bits per heavy atom. The molecule has 2 fully saturated rings. The Bertz CT molecular complexity index is 1890. The second kappa shape index (κ2) is 13.1. The number of aromatic carboxylic acids is 1. The molecule has 2 aromatic carbocycles. The zero-order chi connectivity index (χ0) is 32.5. The predicted molar refractivity (Wildman–Crippen MR) is 179 cm³/mol. The zero-order valence-corrected chi connectivity index (χ0v) is 27.3. The highest BCUT2D eigenvalue weighted by molar-refractivity contribution is 7.89. The van der Waals surface area contributed by atoms with Crippen LogP contribution in [0.2, 0.25) is 0 Å². The second-order valence-corrected chi connectivity index (χ2v) is 15.1. The molecule has 4 heterocycles. The fourth-order valence-electron chi connectivity index (χ4n) is 6.78. The molecule has 10 nitrogen and oxygen atoms in total. The summed E-state index contributed by atoms with van der Waals surface area (Å²) in [4.78, 5) is 33.4. The van der Waals surface area contributed by atoms with E-state index in [1.54, 1.807) is 17.0 Å². The van der Waals surface area contributed by atoms with Crippen LogP contribution in [-0.2, 0) is 14.8 Å². The third-order valence-corrected chi connectivity index (χ3v) is 12.1. The SMILES string of the molecule is O=C(O)c1sc(-c2ccccc2)cc1N1C(=O)CN(S(=O)(=O)c2ccc(-c3ccc4c(c3)OCCCO4)nc2)C[C@H]1C1CCCCC1. The average Bonchev–Trinajstić information content (AvgIpc) is 3.41. The Balaban J connectivity index is 1.19. The molecule has 1 saturated carbocycles. The summed E-state index contributed by atoms with van der Waals surface area (Å²) in [6.07, 6.45) is 6.83. The van der Waals surface area contributed by atoms with Crippen LogP contribution in [-0.4, -0.2) is 67.0 Å². The lowest BCUT2D eigenvalue weighted by Crippen LogP contribution is -2.60. The number of fused-ring (bicyclic) bond motifs is 1. The van der Waals surface area contributed by atoms with Crippen LogP contribution < -0.4 is 14.4 Å². The molecular formula is C35H35N3O7S2. The maximum absolute atomic E-state index is 14.0. The van der Waals surface area contributed by atoms with E-state index in [4.69, 9.17) is 9.47 Å². The van der Waals surface area contributed by atoms with E-state index >= 15 is 0 Å². The Morgan fingerprint density at radius 1 is 0.894 bits per heavy atom. The van der Waals surface area contributed by atoms with Crippen molar-refractivity contribution in [3.8, 4) is 33.2 Å². The summed E-state index contributed by atoms with van der Waals surface area (Å²) in [5.74, 6) is -0.233. The number of anilines is 1. The van der Waals surface area contributed by atoms with Gasteiger partial charge in [-0.25, -0.2) is 13.2 Å². The first-order valence-corrected chi connectivity index (χ1v) is 18.2. The lowest BCUT2D eigenvalue weighted by Gasteiger charge is -2.44. The van der Waals surface area contributed by atoms with Crippen LogP contribution in [0, 0.1) is 5.92 Å². The molecule has 244 valence electrons. The van der Waals surface area contributed by atoms with Crippen molar-refractivity contribution in [3.05, 3.63) is 77.8 Å². The molecule has 2 aliphatic heterocycles. The molecule has 2 aromatic heterocycles. The van der Waals surface area contributed by atoms with Crippen molar-refractivity contribution in [1.29, 1.82) is 0 Å². The number of rotatable bonds is 7. The standard InChI is InChI=1S/C35H35N3O7S2/c39-33-22-37(47(42,43)26-13-14-27(36-20-26)25-12-15-30-31(18-25)45-17-7-16-44-30)21-29(23-8-3-1-4-9-23)38(33)28-19-32(46-34(28)35(40)41)24-10-5-2-6-11-24/h2,5-6,10-15,18-20,23,29H,1,3-4,7-9,16-17,21-22H2,(H,40,41)/t29-/m0/s1. The minimum Gasteiger partial charge on any atom is -0.490 e. The van der Waals surface area contributed by atoms with Crippen LogP contribution in [0.25, 0.3) is 21.7 Å². The number of ether oxygens (including phenoxy) is 2. The van der Waals surface area contributed by atoms with Crippen molar-refractivity contribution >= 4 is 38.9 Å². The highest BCUT2D eigenvalue weighted by Crippen LogP contribution is 2.42. The molecule has 1 aliphatic carbocycles. The van der Waals surface area contributed by atoms with Crippen molar-refractivity contribution in [3.63, 3.8) is 0 Å². The number of thiophene rings is 1. The van der Waals surface area contributed by atoms with Gasteiger partial charge >= 0.3 is 5.97 Å². The minimum absolute atomic E-state index is 0.00707. The molecule has 47 heavy (non-hydrogen) atoms. The Kier molecular flexibility index (Phi) is 8.73. The Morgan fingerprint density at radius 2 is 1.66 bits per heavy atom. The van der Waals surface area contributed by atoms with Gasteiger partial charge in [0.2, 0.25) is 15.9 Å². The Labute approximate surface area is 277 Å². The van der Waals surface area contributed by atoms with Gasteiger partial charge in [-0.05, 0) is 60.7 Å². The zero-order valence-electron chi connectivity index (χ0n) is 25.7. The van der Waals surface area contributed by atoms with E-state index in [1.165, 1.54) is 16.6 Å². The number of carbonyl (C=O) groups is 2. The topological polar surface area (TPSA) is 126 Å². The molecule has 4 aromatic rings. The van der Waals surface area contributed by atoms with E-state index in [-0.39, 0.29) is 22.2 Å². The van der Waals surface area contributed by atoms with Crippen molar-refractivity contribution in [2.75, 3.05) is 31.2 Å². The first-order chi connectivity index (χ1) is 22.8. The molecule has 0 unspecified atom stereocenters. The summed E-state index contributed by atoms with van der Waals surface area (Å²) >= 11 is 1.13. The van der Waals surface area contributed by atoms with Gasteiger partial charge in [0.25, 0.3) is 0 Å². The number of pyridine rings is 1. The summed E-state index contributed by atoms with van der Waals surface area (Å²) < 4.78 is 40.8. The van der Waals surface area contributed by atoms with Crippen molar-refractivity contribution in [2.24, 2.45) is 5.92 Å². The van der Waals surface area contributed by atoms with E-state index in [9.17, 15) is 23.1 Å². The molecule has 0 bridgehead atoms. The van der Waals surface area contributed by atoms with Gasteiger partial charge in [0.15, 0.2) is 11.5 Å². The molecule has 0 spiro atoms. The number of carbonyl (C=O) groups excluding carboxylic acids is 1. The Hall–Kier alpha value is -4.26. The summed E-state index contributed by atoms with van der Waals surface area (Å²) in [6, 6.07) is 19.4. The number of benzene rings is 2. The average molecular weight is 674 g/mol. The van der Waals surface area contributed by atoms with Crippen LogP contribution in [0.15, 0.2) is 77.8 Å². The molecule has 0 radical (unpaired) electrons. The number of carboxylic acids is 1. The van der Waals surface area contributed by atoms with Crippen LogP contribution in [0.4, 0.5) is 5.69 Å². The van der Waals surface area contributed by atoms with E-state index in [2.05, 4.69) is 4.98 Å². The number of nitrogens with zero attached hydrogens (tertiary/aromatic N) is 3. The molecule has 1 N–H and O–H groups in total. The summed E-state index contributed by atoms with van der Waals surface area (Å²) in [5.41, 5.74) is 2.53. The van der Waals surface area contributed by atoms with Gasteiger partial charge in [-0.15, -0.1) is 11.3 Å². The van der Waals surface area contributed by atoms with Gasteiger partial charge in [0.05, 0.1) is 37.2 Å². The van der Waals surface area contributed by atoms with Gasteiger partial charge < -0.3 is 19.5 Å². The molecule has 3 aliphatic rings. The van der Waals surface area contributed by atoms with Crippen molar-refractivity contribution < 1.29 is 32.6 Å². The van der Waals surface area contributed by atoms with Crippen LogP contribution in [0.5, 0.6) is 11.5 Å². The molecular weight excluding hydrogens is 639 g/mol. The monoisotopic (exact) mass is 673 g/mol. The number of hydrogen-bond donors (Lipinski definition) is 1. The van der Waals surface area contributed by atoms with Crippen LogP contribution in [0.3, 0.4) is 0 Å². The summed E-state index contributed by atoms with van der Waals surface area (Å²) in [5, 5.41) is 10.2. The molecule has 7 rings (SSSR count). The third kappa shape index (κ3) is 6.24. The molecule has 1 saturated heterocycles. The highest BCUT2D eigenvalue weighted by atomic mass is 32.2. The molecule has 1 atom stereocenters. The van der Waals surface area contributed by atoms with E-state index in [0.717, 1.165) is 65.9 Å². The number of hydrogen-bond acceptors (Lipinski definition) is 8.